The molecule has 0 amide bonds. The van der Waals surface area contributed by atoms with Crippen LogP contribution in [0.5, 0.6) is 0 Å². The summed E-state index contributed by atoms with van der Waals surface area (Å²) in [6, 6.07) is 2.30. The highest BCUT2D eigenvalue weighted by Gasteiger charge is 2.66. The first-order valence-electron chi connectivity index (χ1n) is 9.18. The summed E-state index contributed by atoms with van der Waals surface area (Å²) < 4.78 is 4.92. The minimum absolute atomic E-state index is 0.148. The van der Waals surface area contributed by atoms with E-state index in [0.717, 1.165) is 11.8 Å². The van der Waals surface area contributed by atoms with Crippen LogP contribution in [-0.2, 0) is 0 Å². The lowest BCUT2D eigenvalue weighted by molar-refractivity contribution is -0.745. The smallest absolute Gasteiger partial charge is 0.120 e. The second kappa shape index (κ2) is 4.39. The number of azo groups is 4. The summed E-state index contributed by atoms with van der Waals surface area (Å²) in [4.78, 5) is 0. The van der Waals surface area contributed by atoms with E-state index in [4.69, 9.17) is 10.2 Å². The van der Waals surface area contributed by atoms with Gasteiger partial charge in [-0.1, -0.05) is 0 Å². The van der Waals surface area contributed by atoms with Crippen LogP contribution in [0.15, 0.2) is 10.2 Å². The largest absolute Gasteiger partial charge is 0.184 e. The average molecular weight is 304 g/mol. The van der Waals surface area contributed by atoms with Crippen molar-refractivity contribution in [1.82, 2.24) is 0 Å². The Bertz CT molecular complexity index is 498. The van der Waals surface area contributed by atoms with Gasteiger partial charge in [0.15, 0.2) is 23.2 Å². The summed E-state index contributed by atoms with van der Waals surface area (Å²) in [5.41, 5.74) is 0.295. The summed E-state index contributed by atoms with van der Waals surface area (Å²) in [5, 5.41) is 10.4. The topological polar surface area (TPSA) is 30.7 Å². The van der Waals surface area contributed by atoms with Crippen molar-refractivity contribution in [3.05, 3.63) is 0 Å². The highest BCUT2D eigenvalue weighted by Crippen LogP contribution is 2.52. The maximum Gasteiger partial charge on any atom is 0.184 e. The van der Waals surface area contributed by atoms with Crippen molar-refractivity contribution in [3.8, 4) is 0 Å². The van der Waals surface area contributed by atoms with Crippen LogP contribution >= 0.6 is 0 Å². The number of hydrogen-bond donors (Lipinski definition) is 0. The number of fused-ring (bicyclic) bond motifs is 2. The van der Waals surface area contributed by atoms with Crippen molar-refractivity contribution in [1.29, 1.82) is 0 Å². The Labute approximate surface area is 134 Å². The third-order valence-electron chi connectivity index (χ3n) is 6.29. The first-order chi connectivity index (χ1) is 10.2. The van der Waals surface area contributed by atoms with Gasteiger partial charge in [0.2, 0.25) is 0 Å². The van der Waals surface area contributed by atoms with Crippen LogP contribution in [0.2, 0.25) is 0 Å². The van der Waals surface area contributed by atoms with Crippen LogP contribution in [0.1, 0.15) is 67.2 Å². The SMILES string of the molecule is CC(C)(C)[N+]1=N[C@@H]2CC[C@H]1[C@@H]1[C@H]2[C@@H]2CC[C@H]1N=[N+]2C(C)(C)C. The predicted molar refractivity (Wildman–Crippen MR) is 85.5 cm³/mol. The second-order valence-electron chi connectivity index (χ2n) is 9.84. The summed E-state index contributed by atoms with van der Waals surface area (Å²) in [6.07, 6.45) is 5.22. The predicted octanol–water partition coefficient (Wildman–Crippen LogP) is 3.83. The van der Waals surface area contributed by atoms with E-state index < -0.39 is 0 Å². The first-order valence-corrected chi connectivity index (χ1v) is 9.18. The molecule has 22 heavy (non-hydrogen) atoms. The third kappa shape index (κ3) is 1.94. The molecule has 2 fully saturated rings. The van der Waals surface area contributed by atoms with Crippen molar-refractivity contribution in [3.63, 3.8) is 0 Å². The molecule has 4 heterocycles. The van der Waals surface area contributed by atoms with Gasteiger partial charge in [0.1, 0.15) is 12.1 Å². The molecule has 0 spiro atoms. The van der Waals surface area contributed by atoms with Crippen LogP contribution in [0, 0.1) is 11.8 Å². The maximum atomic E-state index is 5.21. The van der Waals surface area contributed by atoms with Gasteiger partial charge in [0.25, 0.3) is 0 Å². The quantitative estimate of drug-likeness (QED) is 0.609. The number of hydrogen-bond acceptors (Lipinski definition) is 2. The monoisotopic (exact) mass is 304 g/mol. The molecule has 0 radical (unpaired) electrons. The summed E-state index contributed by atoms with van der Waals surface area (Å²) in [7, 11) is 0. The van der Waals surface area contributed by atoms with E-state index in [9.17, 15) is 0 Å². The van der Waals surface area contributed by atoms with E-state index in [-0.39, 0.29) is 11.1 Å². The molecular weight excluding hydrogens is 272 g/mol. The Morgan fingerprint density at radius 3 is 1.32 bits per heavy atom. The average Bonchev–Trinajstić information content (AvgIpc) is 2.46. The maximum absolute atomic E-state index is 5.21. The molecule has 0 unspecified atom stereocenters. The lowest BCUT2D eigenvalue weighted by atomic mass is 9.59. The minimum Gasteiger partial charge on any atom is -0.120 e. The van der Waals surface area contributed by atoms with Gasteiger partial charge in [0.05, 0.1) is 11.8 Å². The van der Waals surface area contributed by atoms with Crippen LogP contribution < -0.4 is 0 Å². The van der Waals surface area contributed by atoms with Gasteiger partial charge in [-0.05, 0) is 23.1 Å². The molecule has 2 aliphatic carbocycles. The van der Waals surface area contributed by atoms with Crippen molar-refractivity contribution < 1.29 is 9.39 Å². The molecular formula is C18H32N4+2. The fraction of sp³-hybridized carbons (Fsp3) is 1.00. The molecule has 0 aromatic carbocycles. The Morgan fingerprint density at radius 2 is 1.00 bits per heavy atom. The summed E-state index contributed by atoms with van der Waals surface area (Å²) in [5.74, 6) is 1.49. The number of rotatable bonds is 0. The fourth-order valence-corrected chi connectivity index (χ4v) is 5.66. The lowest BCUT2D eigenvalue weighted by Gasteiger charge is -2.52. The van der Waals surface area contributed by atoms with Crippen molar-refractivity contribution in [2.75, 3.05) is 0 Å². The van der Waals surface area contributed by atoms with Crippen molar-refractivity contribution >= 4 is 0 Å². The molecule has 6 rings (SSSR count). The molecule has 2 saturated carbocycles. The fourth-order valence-electron chi connectivity index (χ4n) is 5.66. The number of nitrogens with zero attached hydrogens (tertiary/aromatic N) is 4. The molecule has 4 aliphatic heterocycles. The standard InChI is InChI=1S/C18H32N4/c1-17(2,3)21-13-9-7-11(19-21)16-14-10-8-12(15(13)16)20-22(14)18(4,5)6/h11-16H,7-10H2,1-6H3/q+2/t11-,12-,13+,14+,15-,16-/m1/s1. The van der Waals surface area contributed by atoms with Crippen LogP contribution in [0.3, 0.4) is 0 Å². The molecule has 0 saturated heterocycles. The van der Waals surface area contributed by atoms with Crippen molar-refractivity contribution in [2.24, 2.45) is 22.1 Å². The van der Waals surface area contributed by atoms with Crippen molar-refractivity contribution in [2.45, 2.75) is 102 Å². The lowest BCUT2D eigenvalue weighted by Crippen LogP contribution is -2.67. The van der Waals surface area contributed by atoms with E-state index >= 15 is 0 Å². The molecule has 0 N–H and O–H groups in total. The Balaban J connectivity index is 1.76. The highest BCUT2D eigenvalue weighted by molar-refractivity contribution is 5.05. The molecule has 0 aromatic rings. The molecule has 4 heteroatoms. The third-order valence-corrected chi connectivity index (χ3v) is 6.29. The molecule has 4 bridgehead atoms. The molecule has 6 atom stereocenters. The first kappa shape index (κ1) is 14.8. The Kier molecular flexibility index (Phi) is 2.95. The van der Waals surface area contributed by atoms with Gasteiger partial charge in [-0.15, -0.1) is 9.39 Å². The second-order valence-corrected chi connectivity index (χ2v) is 9.84. The molecule has 122 valence electrons. The Hall–Kier alpha value is -0.800. The molecule has 6 aliphatic rings. The van der Waals surface area contributed by atoms with E-state index in [1.54, 1.807) is 0 Å². The van der Waals surface area contributed by atoms with E-state index in [2.05, 4.69) is 50.9 Å². The molecule has 0 aromatic heterocycles. The van der Waals surface area contributed by atoms with E-state index in [1.165, 1.54) is 25.7 Å². The highest BCUT2D eigenvalue weighted by atomic mass is 15.4. The van der Waals surface area contributed by atoms with E-state index in [1.807, 2.05) is 0 Å². The summed E-state index contributed by atoms with van der Waals surface area (Å²) >= 11 is 0. The van der Waals surface area contributed by atoms with Crippen LogP contribution in [-0.4, -0.2) is 44.6 Å². The van der Waals surface area contributed by atoms with Gasteiger partial charge in [-0.25, -0.2) is 0 Å². The molecule has 4 nitrogen and oxygen atoms in total. The van der Waals surface area contributed by atoms with Gasteiger partial charge in [-0.3, -0.25) is 0 Å². The zero-order valence-corrected chi connectivity index (χ0v) is 15.1. The van der Waals surface area contributed by atoms with Crippen LogP contribution in [0.4, 0.5) is 0 Å². The normalized spacial score (nSPS) is 43.7. The van der Waals surface area contributed by atoms with E-state index in [0.29, 0.717) is 24.2 Å². The van der Waals surface area contributed by atoms with Gasteiger partial charge in [0, 0.05) is 54.4 Å². The van der Waals surface area contributed by atoms with Crippen LogP contribution in [0.25, 0.3) is 0 Å². The Morgan fingerprint density at radius 1 is 0.636 bits per heavy atom. The van der Waals surface area contributed by atoms with Gasteiger partial charge < -0.3 is 0 Å². The minimum atomic E-state index is 0.148. The van der Waals surface area contributed by atoms with Gasteiger partial charge >= 0.3 is 0 Å². The zero-order valence-electron chi connectivity index (χ0n) is 15.1. The van der Waals surface area contributed by atoms with Gasteiger partial charge in [-0.2, -0.15) is 0 Å². The zero-order chi connectivity index (χ0) is 15.9. The summed E-state index contributed by atoms with van der Waals surface area (Å²) in [6.45, 7) is 13.9.